The maximum absolute atomic E-state index is 11.9. The van der Waals surface area contributed by atoms with E-state index in [1.54, 1.807) is 24.4 Å². The van der Waals surface area contributed by atoms with Crippen LogP contribution in [0.1, 0.15) is 18.4 Å². The third kappa shape index (κ3) is 5.00. The van der Waals surface area contributed by atoms with Gasteiger partial charge in [-0.3, -0.25) is 4.79 Å². The fourth-order valence-corrected chi connectivity index (χ4v) is 2.97. The lowest BCUT2D eigenvalue weighted by Gasteiger charge is -2.16. The fourth-order valence-electron chi connectivity index (χ4n) is 2.64. The summed E-state index contributed by atoms with van der Waals surface area (Å²) in [5.74, 6) is 1.15. The fraction of sp³-hybridized carbons (Fsp3) is 0.333. The highest BCUT2D eigenvalue weighted by Crippen LogP contribution is 2.27. The molecule has 25 heavy (non-hydrogen) atoms. The lowest BCUT2D eigenvalue weighted by molar-refractivity contribution is -0.123. The number of pyridine rings is 1. The van der Waals surface area contributed by atoms with Gasteiger partial charge in [0.2, 0.25) is 0 Å². The zero-order valence-electron chi connectivity index (χ0n) is 13.7. The van der Waals surface area contributed by atoms with Gasteiger partial charge in [-0.05, 0) is 36.6 Å². The summed E-state index contributed by atoms with van der Waals surface area (Å²) >= 11 is 11.9. The normalized spacial score (nSPS) is 13.8. The Labute approximate surface area is 156 Å². The zero-order chi connectivity index (χ0) is 17.6. The molecule has 0 aliphatic carbocycles. The first-order valence-corrected chi connectivity index (χ1v) is 8.92. The summed E-state index contributed by atoms with van der Waals surface area (Å²) < 4.78 is 5.40. The molecule has 1 aromatic carbocycles. The van der Waals surface area contributed by atoms with Gasteiger partial charge >= 0.3 is 0 Å². The number of hydrogen-bond donors (Lipinski definition) is 1. The average Bonchev–Trinajstić information content (AvgIpc) is 3.16. The Morgan fingerprint density at radius 2 is 2.00 bits per heavy atom. The van der Waals surface area contributed by atoms with Crippen LogP contribution in [0.3, 0.4) is 0 Å². The SMILES string of the molecule is O=C(COc1cc(Cl)ccc1Cl)NCc1ccc(N2CCCC2)nc1. The molecule has 132 valence electrons. The highest BCUT2D eigenvalue weighted by Gasteiger charge is 2.13. The van der Waals surface area contributed by atoms with Gasteiger partial charge in [-0.1, -0.05) is 29.3 Å². The second kappa shape index (κ2) is 8.41. The number of halogens is 2. The van der Waals surface area contributed by atoms with Crippen LogP contribution in [-0.2, 0) is 11.3 Å². The highest BCUT2D eigenvalue weighted by molar-refractivity contribution is 6.34. The molecule has 2 aromatic rings. The molecule has 5 nitrogen and oxygen atoms in total. The molecule has 1 saturated heterocycles. The largest absolute Gasteiger partial charge is 0.482 e. The van der Waals surface area contributed by atoms with Gasteiger partial charge in [-0.15, -0.1) is 0 Å². The van der Waals surface area contributed by atoms with Crippen molar-refractivity contribution in [1.29, 1.82) is 0 Å². The van der Waals surface area contributed by atoms with Gasteiger partial charge in [0.1, 0.15) is 11.6 Å². The zero-order valence-corrected chi connectivity index (χ0v) is 15.2. The van der Waals surface area contributed by atoms with Crippen molar-refractivity contribution in [3.05, 3.63) is 52.1 Å². The second-order valence-electron chi connectivity index (χ2n) is 5.86. The van der Waals surface area contributed by atoms with Crippen molar-refractivity contribution in [2.45, 2.75) is 19.4 Å². The van der Waals surface area contributed by atoms with E-state index in [0.717, 1.165) is 24.5 Å². The van der Waals surface area contributed by atoms with E-state index in [4.69, 9.17) is 27.9 Å². The third-order valence-electron chi connectivity index (χ3n) is 3.98. The molecule has 0 spiro atoms. The van der Waals surface area contributed by atoms with Gasteiger partial charge in [0.25, 0.3) is 5.91 Å². The van der Waals surface area contributed by atoms with Crippen LogP contribution in [0.4, 0.5) is 5.82 Å². The van der Waals surface area contributed by atoms with E-state index >= 15 is 0 Å². The van der Waals surface area contributed by atoms with Crippen LogP contribution >= 0.6 is 23.2 Å². The smallest absolute Gasteiger partial charge is 0.258 e. The Kier molecular flexibility index (Phi) is 6.00. The van der Waals surface area contributed by atoms with Gasteiger partial charge in [-0.2, -0.15) is 0 Å². The van der Waals surface area contributed by atoms with Crippen LogP contribution in [-0.4, -0.2) is 30.6 Å². The van der Waals surface area contributed by atoms with E-state index < -0.39 is 0 Å². The third-order valence-corrected chi connectivity index (χ3v) is 4.53. The summed E-state index contributed by atoms with van der Waals surface area (Å²) in [6.45, 7) is 2.40. The number of anilines is 1. The summed E-state index contributed by atoms with van der Waals surface area (Å²) in [7, 11) is 0. The minimum absolute atomic E-state index is 0.126. The molecule has 1 aliphatic rings. The molecule has 0 bridgehead atoms. The Morgan fingerprint density at radius 1 is 1.20 bits per heavy atom. The molecular formula is C18H19Cl2N3O2. The van der Waals surface area contributed by atoms with Crippen molar-refractivity contribution in [1.82, 2.24) is 10.3 Å². The molecule has 1 aromatic heterocycles. The average molecular weight is 380 g/mol. The summed E-state index contributed by atoms with van der Waals surface area (Å²) in [6, 6.07) is 8.85. The van der Waals surface area contributed by atoms with Crippen LogP contribution in [0.25, 0.3) is 0 Å². The first-order valence-electron chi connectivity index (χ1n) is 8.16. The number of nitrogens with zero attached hydrogens (tertiary/aromatic N) is 2. The topological polar surface area (TPSA) is 54.5 Å². The van der Waals surface area contributed by atoms with Crippen LogP contribution in [0.5, 0.6) is 5.75 Å². The summed E-state index contributed by atoms with van der Waals surface area (Å²) in [6.07, 6.45) is 4.23. The Balaban J connectivity index is 1.46. The summed E-state index contributed by atoms with van der Waals surface area (Å²) in [5.41, 5.74) is 0.942. The monoisotopic (exact) mass is 379 g/mol. The number of aromatic nitrogens is 1. The molecule has 1 N–H and O–H groups in total. The van der Waals surface area contributed by atoms with Gasteiger partial charge in [0.15, 0.2) is 6.61 Å². The lowest BCUT2D eigenvalue weighted by Crippen LogP contribution is -2.28. The maximum Gasteiger partial charge on any atom is 0.258 e. The van der Waals surface area contributed by atoms with Crippen LogP contribution in [0.2, 0.25) is 10.0 Å². The molecule has 0 unspecified atom stereocenters. The Bertz CT molecular complexity index is 732. The van der Waals surface area contributed by atoms with E-state index in [9.17, 15) is 4.79 Å². The molecule has 1 fully saturated rings. The van der Waals surface area contributed by atoms with Gasteiger partial charge in [0, 0.05) is 36.9 Å². The first kappa shape index (κ1) is 17.8. The van der Waals surface area contributed by atoms with Crippen LogP contribution in [0.15, 0.2) is 36.5 Å². The summed E-state index contributed by atoms with van der Waals surface area (Å²) in [5, 5.41) is 3.72. The van der Waals surface area contributed by atoms with Crippen LogP contribution in [0, 0.1) is 0 Å². The van der Waals surface area contributed by atoms with E-state index in [1.807, 2.05) is 12.1 Å². The molecule has 2 heterocycles. The molecule has 1 amide bonds. The maximum atomic E-state index is 11.9. The van der Waals surface area contributed by atoms with Crippen molar-refractivity contribution in [2.75, 3.05) is 24.6 Å². The number of carbonyl (C=O) groups is 1. The Morgan fingerprint density at radius 3 is 2.72 bits per heavy atom. The quantitative estimate of drug-likeness (QED) is 0.831. The number of benzene rings is 1. The molecule has 3 rings (SSSR count). The minimum Gasteiger partial charge on any atom is -0.482 e. The molecule has 1 aliphatic heterocycles. The predicted octanol–water partition coefficient (Wildman–Crippen LogP) is 3.68. The molecule has 0 atom stereocenters. The predicted molar refractivity (Wildman–Crippen MR) is 99.5 cm³/mol. The van der Waals surface area contributed by atoms with Crippen molar-refractivity contribution in [2.24, 2.45) is 0 Å². The van der Waals surface area contributed by atoms with E-state index in [2.05, 4.69) is 15.2 Å². The van der Waals surface area contributed by atoms with Crippen LogP contribution < -0.4 is 15.0 Å². The number of carbonyl (C=O) groups excluding carboxylic acids is 1. The highest BCUT2D eigenvalue weighted by atomic mass is 35.5. The van der Waals surface area contributed by atoms with E-state index in [0.29, 0.717) is 22.3 Å². The van der Waals surface area contributed by atoms with E-state index in [1.165, 1.54) is 12.8 Å². The number of rotatable bonds is 6. The minimum atomic E-state index is -0.236. The van der Waals surface area contributed by atoms with Gasteiger partial charge in [-0.25, -0.2) is 4.98 Å². The summed E-state index contributed by atoms with van der Waals surface area (Å²) in [4.78, 5) is 18.7. The Hall–Kier alpha value is -1.98. The molecular weight excluding hydrogens is 361 g/mol. The first-order chi connectivity index (χ1) is 12.1. The lowest BCUT2D eigenvalue weighted by atomic mass is 10.2. The van der Waals surface area contributed by atoms with Gasteiger partial charge < -0.3 is 15.0 Å². The molecule has 0 saturated carbocycles. The van der Waals surface area contributed by atoms with Crippen molar-refractivity contribution < 1.29 is 9.53 Å². The van der Waals surface area contributed by atoms with Crippen molar-refractivity contribution in [3.63, 3.8) is 0 Å². The number of ether oxygens (including phenoxy) is 1. The van der Waals surface area contributed by atoms with Crippen molar-refractivity contribution >= 4 is 34.9 Å². The number of amides is 1. The second-order valence-corrected chi connectivity index (χ2v) is 6.70. The number of hydrogen-bond acceptors (Lipinski definition) is 4. The van der Waals surface area contributed by atoms with Gasteiger partial charge in [0.05, 0.1) is 5.02 Å². The molecule has 7 heteroatoms. The van der Waals surface area contributed by atoms with Crippen molar-refractivity contribution in [3.8, 4) is 5.75 Å². The number of nitrogens with one attached hydrogen (secondary N) is 1. The molecule has 0 radical (unpaired) electrons. The standard InChI is InChI=1S/C18H19Cl2N3O2/c19-14-4-5-15(20)16(9-14)25-12-18(24)22-11-13-3-6-17(21-10-13)23-7-1-2-8-23/h3-6,9-10H,1-2,7-8,11-12H2,(H,22,24). The van der Waals surface area contributed by atoms with E-state index in [-0.39, 0.29) is 12.5 Å².